The van der Waals surface area contributed by atoms with E-state index in [4.69, 9.17) is 14.1 Å². The average Bonchev–Trinajstić information content (AvgIpc) is 2.12. The number of rotatable bonds is 1. The predicted molar refractivity (Wildman–Crippen MR) is 44.8 cm³/mol. The smallest absolute Gasteiger partial charge is 0.271 e. The summed E-state index contributed by atoms with van der Waals surface area (Å²) in [6.07, 6.45) is 0. The monoisotopic (exact) mass is 214 g/mol. The highest BCUT2D eigenvalue weighted by Crippen LogP contribution is 2.24. The second-order valence-electron chi connectivity index (χ2n) is 1.62. The molecule has 0 unspecified atom stereocenters. The summed E-state index contributed by atoms with van der Waals surface area (Å²) in [6.45, 7) is 6.70. The number of pyridine rings is 1. The first-order valence-corrected chi connectivity index (χ1v) is 3.49. The molecule has 0 fully saturated rings. The zero-order valence-electron chi connectivity index (χ0n) is 7.68. The van der Waals surface area contributed by atoms with E-state index in [1.165, 1.54) is 7.11 Å². The molecule has 1 heterocycles. The Morgan fingerprint density at radius 1 is 1.82 bits per heavy atom. The second kappa shape index (κ2) is 3.35. The van der Waals surface area contributed by atoms with Crippen LogP contribution >= 0.6 is 15.9 Å². The van der Waals surface area contributed by atoms with Gasteiger partial charge in [0.25, 0.3) is 5.82 Å². The summed E-state index contributed by atoms with van der Waals surface area (Å²) in [7, 11) is 1.39. The molecule has 0 N–H and O–H groups in total. The van der Waals surface area contributed by atoms with Crippen molar-refractivity contribution < 1.29 is 7.48 Å². The Bertz CT molecular complexity index is 385. The largest absolute Gasteiger partial charge is 0.492 e. The Balaban J connectivity index is 3.48. The number of hydrogen-bond donors (Lipinski definition) is 0. The highest BCUT2D eigenvalue weighted by molar-refractivity contribution is 9.10. The summed E-state index contributed by atoms with van der Waals surface area (Å²) in [4.78, 5) is 6.77. The van der Waals surface area contributed by atoms with Gasteiger partial charge >= 0.3 is 0 Å². The first-order chi connectivity index (χ1) is 6.11. The van der Waals surface area contributed by atoms with Crippen molar-refractivity contribution in [1.82, 2.24) is 4.98 Å². The Labute approximate surface area is 75.8 Å². The molecule has 0 radical (unpaired) electrons. The predicted octanol–water partition coefficient (Wildman–Crippen LogP) is 2.40. The van der Waals surface area contributed by atoms with Crippen LogP contribution in [0.4, 0.5) is 5.82 Å². The van der Waals surface area contributed by atoms with E-state index in [9.17, 15) is 0 Å². The summed E-state index contributed by atoms with van der Waals surface area (Å²) in [5.41, 5.74) is 0. The van der Waals surface area contributed by atoms with Gasteiger partial charge in [-0.3, -0.25) is 0 Å². The lowest BCUT2D eigenvalue weighted by atomic mass is 10.4. The summed E-state index contributed by atoms with van der Waals surface area (Å²) < 4.78 is 19.9. The van der Waals surface area contributed by atoms with E-state index < -0.39 is 0 Å². The normalized spacial score (nSPS) is 11.4. The molecule has 0 atom stereocenters. The second-order valence-corrected chi connectivity index (χ2v) is 2.37. The van der Waals surface area contributed by atoms with Gasteiger partial charge in [-0.25, -0.2) is 0 Å². The van der Waals surface area contributed by atoms with E-state index in [0.29, 0.717) is 0 Å². The molecule has 1 aromatic heterocycles. The third-order valence-electron chi connectivity index (χ3n) is 0.989. The minimum absolute atomic E-state index is 0.0994. The molecule has 11 heavy (non-hydrogen) atoms. The quantitative estimate of drug-likeness (QED) is 0.531. The molecule has 0 aromatic carbocycles. The van der Waals surface area contributed by atoms with Gasteiger partial charge in [0, 0.05) is 15.9 Å². The van der Waals surface area contributed by atoms with Gasteiger partial charge in [0.2, 0.25) is 4.60 Å². The highest BCUT2D eigenvalue weighted by atomic mass is 79.9. The molecule has 0 aliphatic carbocycles. The minimum atomic E-state index is -0.213. The van der Waals surface area contributed by atoms with Gasteiger partial charge in [0.05, 0.1) is 9.85 Å². The molecular weight excluding hydrogens is 208 g/mol. The summed E-state index contributed by atoms with van der Waals surface area (Å²) in [6, 6.07) is -0.342. The van der Waals surface area contributed by atoms with Gasteiger partial charge in [0.1, 0.15) is 0 Å². The molecule has 0 amide bonds. The van der Waals surface area contributed by atoms with E-state index in [0.717, 1.165) is 0 Å². The van der Waals surface area contributed by atoms with Crippen molar-refractivity contribution in [1.29, 1.82) is 0 Å². The van der Waals surface area contributed by atoms with Crippen LogP contribution in [0.2, 0.25) is 0 Å². The van der Waals surface area contributed by atoms with Crippen LogP contribution in [0, 0.1) is 6.57 Å². The van der Waals surface area contributed by atoms with Crippen LogP contribution in [0.25, 0.3) is 4.85 Å². The molecule has 0 spiro atoms. The molecule has 3 nitrogen and oxygen atoms in total. The van der Waals surface area contributed by atoms with Crippen molar-refractivity contribution in [2.24, 2.45) is 0 Å². The van der Waals surface area contributed by atoms with E-state index in [2.05, 4.69) is 25.8 Å². The van der Waals surface area contributed by atoms with Crippen LogP contribution in [0.5, 0.6) is 5.75 Å². The lowest BCUT2D eigenvalue weighted by Crippen LogP contribution is -1.85. The molecule has 0 aliphatic rings. The Morgan fingerprint density at radius 2 is 2.55 bits per heavy atom. The lowest BCUT2D eigenvalue weighted by Gasteiger charge is -1.97. The summed E-state index contributed by atoms with van der Waals surface area (Å²) in [5, 5.41) is 0. The number of aromatic nitrogens is 1. The van der Waals surface area contributed by atoms with Crippen molar-refractivity contribution in [3.63, 3.8) is 0 Å². The lowest BCUT2D eigenvalue weighted by molar-refractivity contribution is 0.410. The Morgan fingerprint density at radius 3 is 3.09 bits per heavy atom. The van der Waals surface area contributed by atoms with Crippen LogP contribution in [0.1, 0.15) is 2.74 Å². The van der Waals surface area contributed by atoms with Crippen LogP contribution in [-0.4, -0.2) is 12.1 Å². The SMILES string of the molecule is [2H]c1c([N+]#[C-])nc(Br)c(OC)c1[2H]. The molecule has 1 rings (SSSR count). The van der Waals surface area contributed by atoms with Crippen LogP contribution in [0.3, 0.4) is 0 Å². The molecule has 0 bridgehead atoms. The topological polar surface area (TPSA) is 26.5 Å². The van der Waals surface area contributed by atoms with Crippen LogP contribution in [-0.2, 0) is 0 Å². The number of hydrogen-bond acceptors (Lipinski definition) is 2. The number of halogens is 1. The molecule has 0 saturated carbocycles. The maximum Gasteiger partial charge on any atom is 0.271 e. The van der Waals surface area contributed by atoms with Crippen molar-refractivity contribution in [2.45, 2.75) is 0 Å². The maximum absolute atomic E-state index is 7.45. The van der Waals surface area contributed by atoms with Gasteiger partial charge in [-0.05, 0) is 12.1 Å². The van der Waals surface area contributed by atoms with Crippen molar-refractivity contribution in [3.8, 4) is 5.75 Å². The summed E-state index contributed by atoms with van der Waals surface area (Å²) >= 11 is 3.05. The fraction of sp³-hybridized carbons (Fsp3) is 0.143. The third kappa shape index (κ3) is 1.69. The van der Waals surface area contributed by atoms with Gasteiger partial charge in [0.15, 0.2) is 5.75 Å². The van der Waals surface area contributed by atoms with Gasteiger partial charge < -0.3 is 9.58 Å². The number of ether oxygens (including phenoxy) is 1. The van der Waals surface area contributed by atoms with Gasteiger partial charge in [-0.2, -0.15) is 0 Å². The number of methoxy groups -OCH3 is 1. The fourth-order valence-corrected chi connectivity index (χ4v) is 0.953. The van der Waals surface area contributed by atoms with E-state index in [1.807, 2.05) is 0 Å². The van der Waals surface area contributed by atoms with Gasteiger partial charge in [-0.1, -0.05) is 6.57 Å². The van der Waals surface area contributed by atoms with Crippen molar-refractivity contribution in [3.05, 3.63) is 28.1 Å². The summed E-state index contributed by atoms with van der Waals surface area (Å²) in [5.74, 6) is 0.0788. The minimum Gasteiger partial charge on any atom is -0.492 e. The molecule has 0 aliphatic heterocycles. The molecular formula is C7H5BrN2O. The van der Waals surface area contributed by atoms with Crippen molar-refractivity contribution >= 4 is 21.7 Å². The average molecular weight is 215 g/mol. The van der Waals surface area contributed by atoms with Gasteiger partial charge in [-0.15, -0.1) is 4.98 Å². The standard InChI is InChI=1S/C7H5BrN2O/c1-9-6-4-3-5(11-2)7(8)10-6/h3-4H,2H3/i3D,4D. The molecule has 1 aromatic rings. The zero-order chi connectivity index (χ0) is 10.0. The Kier molecular flexibility index (Phi) is 1.69. The van der Waals surface area contributed by atoms with E-state index in [1.54, 1.807) is 0 Å². The van der Waals surface area contributed by atoms with Crippen LogP contribution in [0.15, 0.2) is 16.7 Å². The highest BCUT2D eigenvalue weighted by Gasteiger charge is 2.04. The molecule has 4 heteroatoms. The maximum atomic E-state index is 7.45. The zero-order valence-corrected chi connectivity index (χ0v) is 7.27. The van der Waals surface area contributed by atoms with E-state index in [-0.39, 0.29) is 28.3 Å². The Hall–Kier alpha value is -1.08. The van der Waals surface area contributed by atoms with Crippen molar-refractivity contribution in [2.75, 3.05) is 7.11 Å². The molecule has 0 saturated heterocycles. The van der Waals surface area contributed by atoms with Crippen LogP contribution < -0.4 is 4.74 Å². The molecule has 56 valence electrons. The number of nitrogens with zero attached hydrogens (tertiary/aromatic N) is 2. The third-order valence-corrected chi connectivity index (χ3v) is 1.53. The first kappa shape index (κ1) is 5.56. The first-order valence-electron chi connectivity index (χ1n) is 3.70. The van der Waals surface area contributed by atoms with E-state index >= 15 is 0 Å². The fourth-order valence-electron chi connectivity index (χ4n) is 0.524.